The van der Waals surface area contributed by atoms with Crippen molar-refractivity contribution in [1.82, 2.24) is 10.1 Å². The van der Waals surface area contributed by atoms with Crippen molar-refractivity contribution < 1.29 is 27.9 Å². The molecule has 156 valence electrons. The summed E-state index contributed by atoms with van der Waals surface area (Å²) in [5.74, 6) is 1.01. The molecule has 4 rings (SSSR count). The van der Waals surface area contributed by atoms with Crippen LogP contribution in [0.5, 0.6) is 17.2 Å². The van der Waals surface area contributed by atoms with E-state index < -0.39 is 5.82 Å². The molecule has 2 heterocycles. The topological polar surface area (TPSA) is 86.9 Å². The molecule has 3 aromatic rings. The second kappa shape index (κ2) is 8.02. The molecule has 0 saturated carbocycles. The monoisotopic (exact) mass is 413 g/mol. The minimum atomic E-state index is -0.523. The van der Waals surface area contributed by atoms with E-state index in [-0.39, 0.29) is 29.9 Å². The van der Waals surface area contributed by atoms with Crippen molar-refractivity contribution >= 4 is 11.6 Å². The largest absolute Gasteiger partial charge is 0.494 e. The fourth-order valence-corrected chi connectivity index (χ4v) is 3.44. The van der Waals surface area contributed by atoms with Crippen LogP contribution in [0.2, 0.25) is 0 Å². The highest BCUT2D eigenvalue weighted by molar-refractivity contribution is 5.96. The number of nitrogens with zero attached hydrogens (tertiary/aromatic N) is 3. The SMILES string of the molecule is COc1ccc(-c2nc([C@H]3CC(=O)N(c4ccc(OC)c(OC)c4)C3)no2)cc1F. The van der Waals surface area contributed by atoms with Crippen LogP contribution in [0.25, 0.3) is 11.5 Å². The predicted molar refractivity (Wildman–Crippen MR) is 106 cm³/mol. The van der Waals surface area contributed by atoms with Crippen LogP contribution in [0, 0.1) is 5.82 Å². The van der Waals surface area contributed by atoms with Crippen molar-refractivity contribution in [1.29, 1.82) is 0 Å². The fourth-order valence-electron chi connectivity index (χ4n) is 3.44. The number of carbonyl (C=O) groups is 1. The number of anilines is 1. The number of hydrogen-bond donors (Lipinski definition) is 0. The van der Waals surface area contributed by atoms with Gasteiger partial charge in [0.05, 0.1) is 21.3 Å². The Labute approximate surface area is 172 Å². The van der Waals surface area contributed by atoms with Crippen molar-refractivity contribution in [3.05, 3.63) is 48.0 Å². The second-order valence-electron chi connectivity index (χ2n) is 6.75. The van der Waals surface area contributed by atoms with E-state index >= 15 is 0 Å². The van der Waals surface area contributed by atoms with Crippen molar-refractivity contribution in [3.63, 3.8) is 0 Å². The Kier molecular flexibility index (Phi) is 5.26. The van der Waals surface area contributed by atoms with E-state index in [0.717, 1.165) is 0 Å². The number of rotatable bonds is 6. The highest BCUT2D eigenvalue weighted by Crippen LogP contribution is 2.36. The number of ether oxygens (including phenoxy) is 3. The molecule has 0 spiro atoms. The van der Waals surface area contributed by atoms with Gasteiger partial charge < -0.3 is 23.6 Å². The Morgan fingerprint density at radius 1 is 1.03 bits per heavy atom. The Bertz CT molecular complexity index is 1080. The highest BCUT2D eigenvalue weighted by Gasteiger charge is 2.35. The number of benzene rings is 2. The van der Waals surface area contributed by atoms with Crippen molar-refractivity contribution in [3.8, 4) is 28.7 Å². The average Bonchev–Trinajstić information content (AvgIpc) is 3.40. The molecule has 1 aliphatic heterocycles. The van der Waals surface area contributed by atoms with Crippen LogP contribution in [0.4, 0.5) is 10.1 Å². The summed E-state index contributed by atoms with van der Waals surface area (Å²) in [7, 11) is 4.49. The molecule has 1 atom stereocenters. The van der Waals surface area contributed by atoms with Gasteiger partial charge in [-0.15, -0.1) is 0 Å². The van der Waals surface area contributed by atoms with Gasteiger partial charge in [-0.3, -0.25) is 4.79 Å². The van der Waals surface area contributed by atoms with Crippen LogP contribution in [0.15, 0.2) is 40.9 Å². The smallest absolute Gasteiger partial charge is 0.258 e. The number of methoxy groups -OCH3 is 3. The lowest BCUT2D eigenvalue weighted by atomic mass is 10.1. The zero-order valence-electron chi connectivity index (χ0n) is 16.7. The van der Waals surface area contributed by atoms with E-state index in [0.29, 0.717) is 35.1 Å². The Balaban J connectivity index is 1.54. The van der Waals surface area contributed by atoms with Gasteiger partial charge in [0.1, 0.15) is 0 Å². The zero-order valence-corrected chi connectivity index (χ0v) is 16.7. The molecular formula is C21H20FN3O5. The normalized spacial score (nSPS) is 16.1. The summed E-state index contributed by atoms with van der Waals surface area (Å²) in [6.07, 6.45) is 0.240. The van der Waals surface area contributed by atoms with Gasteiger partial charge in [-0.2, -0.15) is 4.98 Å². The number of hydrogen-bond acceptors (Lipinski definition) is 7. The number of amides is 1. The van der Waals surface area contributed by atoms with Gasteiger partial charge >= 0.3 is 0 Å². The lowest BCUT2D eigenvalue weighted by Crippen LogP contribution is -2.24. The molecule has 1 fully saturated rings. The maximum Gasteiger partial charge on any atom is 0.258 e. The molecule has 0 bridgehead atoms. The standard InChI is InChI=1S/C21H20FN3O5/c1-27-16-6-4-12(8-15(16)22)21-23-20(24-30-21)13-9-19(26)25(11-13)14-5-7-17(28-2)18(10-14)29-3/h4-8,10,13H,9,11H2,1-3H3/t13-/m0/s1. The molecule has 0 unspecified atom stereocenters. The first-order chi connectivity index (χ1) is 14.5. The summed E-state index contributed by atoms with van der Waals surface area (Å²) < 4.78 is 34.7. The van der Waals surface area contributed by atoms with E-state index in [9.17, 15) is 9.18 Å². The Morgan fingerprint density at radius 3 is 2.47 bits per heavy atom. The molecule has 0 aliphatic carbocycles. The van der Waals surface area contributed by atoms with Gasteiger partial charge in [-0.1, -0.05) is 5.16 Å². The third-order valence-electron chi connectivity index (χ3n) is 5.01. The van der Waals surface area contributed by atoms with Crippen molar-refractivity contribution in [2.45, 2.75) is 12.3 Å². The summed E-state index contributed by atoms with van der Waals surface area (Å²) in [6.45, 7) is 0.393. The fraction of sp³-hybridized carbons (Fsp3) is 0.286. The van der Waals surface area contributed by atoms with E-state index in [1.54, 1.807) is 43.4 Å². The van der Waals surface area contributed by atoms with E-state index in [4.69, 9.17) is 18.7 Å². The van der Waals surface area contributed by atoms with Gasteiger partial charge in [0.15, 0.2) is 28.9 Å². The number of aromatic nitrogens is 2. The molecular weight excluding hydrogens is 393 g/mol. The lowest BCUT2D eigenvalue weighted by Gasteiger charge is -2.18. The first-order valence-corrected chi connectivity index (χ1v) is 9.24. The maximum atomic E-state index is 14.0. The van der Waals surface area contributed by atoms with Gasteiger partial charge in [0.25, 0.3) is 5.89 Å². The highest BCUT2D eigenvalue weighted by atomic mass is 19.1. The molecule has 0 N–H and O–H groups in total. The van der Waals surface area contributed by atoms with Crippen molar-refractivity contribution in [2.75, 3.05) is 32.8 Å². The zero-order chi connectivity index (χ0) is 21.3. The summed E-state index contributed by atoms with van der Waals surface area (Å²) in [4.78, 5) is 18.6. The molecule has 2 aromatic carbocycles. The summed E-state index contributed by atoms with van der Waals surface area (Å²) >= 11 is 0. The molecule has 9 heteroatoms. The van der Waals surface area contributed by atoms with Crippen molar-refractivity contribution in [2.24, 2.45) is 0 Å². The van der Waals surface area contributed by atoms with E-state index in [2.05, 4.69) is 10.1 Å². The summed E-state index contributed by atoms with van der Waals surface area (Å²) in [5.41, 5.74) is 1.13. The minimum Gasteiger partial charge on any atom is -0.494 e. The quantitative estimate of drug-likeness (QED) is 0.612. The first-order valence-electron chi connectivity index (χ1n) is 9.24. The maximum absolute atomic E-state index is 14.0. The Morgan fingerprint density at radius 2 is 1.77 bits per heavy atom. The first kappa shape index (κ1) is 19.7. The van der Waals surface area contributed by atoms with Crippen LogP contribution in [0.3, 0.4) is 0 Å². The van der Waals surface area contributed by atoms with Gasteiger partial charge in [-0.25, -0.2) is 4.39 Å². The Hall–Kier alpha value is -3.62. The third kappa shape index (κ3) is 3.54. The van der Waals surface area contributed by atoms with Gasteiger partial charge in [0, 0.05) is 36.2 Å². The van der Waals surface area contributed by atoms with Crippen LogP contribution < -0.4 is 19.1 Å². The van der Waals surface area contributed by atoms with Gasteiger partial charge in [-0.05, 0) is 30.3 Å². The van der Waals surface area contributed by atoms with Crippen LogP contribution in [0.1, 0.15) is 18.2 Å². The molecule has 0 radical (unpaired) electrons. The number of halogens is 1. The van der Waals surface area contributed by atoms with Crippen LogP contribution in [-0.2, 0) is 4.79 Å². The van der Waals surface area contributed by atoms with Crippen LogP contribution in [-0.4, -0.2) is 43.9 Å². The molecule has 8 nitrogen and oxygen atoms in total. The third-order valence-corrected chi connectivity index (χ3v) is 5.01. The predicted octanol–water partition coefficient (Wildman–Crippen LogP) is 3.42. The van der Waals surface area contributed by atoms with Crippen LogP contribution >= 0.6 is 0 Å². The van der Waals surface area contributed by atoms with E-state index in [1.165, 1.54) is 19.2 Å². The molecule has 1 amide bonds. The average molecular weight is 413 g/mol. The van der Waals surface area contributed by atoms with Gasteiger partial charge in [0.2, 0.25) is 5.91 Å². The molecule has 1 aliphatic rings. The summed E-state index contributed by atoms with van der Waals surface area (Å²) in [5, 5.41) is 4.01. The minimum absolute atomic E-state index is 0.0611. The molecule has 1 aromatic heterocycles. The second-order valence-corrected chi connectivity index (χ2v) is 6.75. The van der Waals surface area contributed by atoms with E-state index in [1.807, 2.05) is 0 Å². The summed E-state index contributed by atoms with van der Waals surface area (Å²) in [6, 6.07) is 9.69. The molecule has 30 heavy (non-hydrogen) atoms. The number of carbonyl (C=O) groups excluding carboxylic acids is 1. The molecule has 1 saturated heterocycles. The lowest BCUT2D eigenvalue weighted by molar-refractivity contribution is -0.117.